The van der Waals surface area contributed by atoms with Gasteiger partial charge < -0.3 is 19.7 Å². The Kier molecular flexibility index (Phi) is 9.94. The maximum absolute atomic E-state index is 13.3. The average molecular weight is 659 g/mol. The Labute approximate surface area is 277 Å². The van der Waals surface area contributed by atoms with Crippen LogP contribution in [0, 0.1) is 6.92 Å². The Balaban J connectivity index is 1.08. The van der Waals surface area contributed by atoms with Crippen LogP contribution in [-0.2, 0) is 20.9 Å². The number of fused-ring (bicyclic) bond motifs is 1. The molecule has 9 nitrogen and oxygen atoms in total. The number of nitrogens with zero attached hydrogens (tertiary/aromatic N) is 3. The van der Waals surface area contributed by atoms with Gasteiger partial charge in [0.15, 0.2) is 0 Å². The van der Waals surface area contributed by atoms with Gasteiger partial charge in [-0.15, -0.1) is 11.8 Å². The van der Waals surface area contributed by atoms with Gasteiger partial charge in [-0.1, -0.05) is 41.9 Å². The number of benzene rings is 3. The van der Waals surface area contributed by atoms with Gasteiger partial charge in [-0.2, -0.15) is 5.10 Å². The van der Waals surface area contributed by atoms with E-state index in [1.54, 1.807) is 17.8 Å². The summed E-state index contributed by atoms with van der Waals surface area (Å²) in [7, 11) is 0. The molecule has 1 atom stereocenters. The minimum Gasteiger partial charge on any atom is -0.493 e. The number of hydrogen-bond acceptors (Lipinski definition) is 7. The molecule has 1 unspecified atom stereocenters. The zero-order valence-electron chi connectivity index (χ0n) is 25.5. The number of nitrogens with one attached hydrogen (secondary N) is 1. The number of ether oxygens (including phenoxy) is 2. The van der Waals surface area contributed by atoms with Gasteiger partial charge in [-0.05, 0) is 55.7 Å². The summed E-state index contributed by atoms with van der Waals surface area (Å²) in [6.07, 6.45) is 5.58. The minimum absolute atomic E-state index is 0.0778. The highest BCUT2D eigenvalue weighted by Crippen LogP contribution is 2.42. The predicted octanol–water partition coefficient (Wildman–Crippen LogP) is 6.29. The van der Waals surface area contributed by atoms with Crippen molar-refractivity contribution in [2.45, 2.75) is 50.2 Å². The molecule has 3 heterocycles. The van der Waals surface area contributed by atoms with Gasteiger partial charge in [0, 0.05) is 63.5 Å². The molecular weight excluding hydrogens is 624 g/mol. The highest BCUT2D eigenvalue weighted by molar-refractivity contribution is 7.99. The Hall–Kier alpha value is -4.28. The van der Waals surface area contributed by atoms with Crippen LogP contribution in [0.25, 0.3) is 11.1 Å². The quantitative estimate of drug-likeness (QED) is 0.149. The summed E-state index contributed by atoms with van der Waals surface area (Å²) in [5, 5.41) is 8.13. The van der Waals surface area contributed by atoms with E-state index in [4.69, 9.17) is 21.1 Å². The summed E-state index contributed by atoms with van der Waals surface area (Å²) in [5.74, 6) is 1.20. The molecule has 1 fully saturated rings. The molecule has 1 saturated heterocycles. The van der Waals surface area contributed by atoms with Crippen LogP contribution in [-0.4, -0.2) is 59.1 Å². The first-order valence-electron chi connectivity index (χ1n) is 15.4. The van der Waals surface area contributed by atoms with Gasteiger partial charge >= 0.3 is 5.97 Å². The third-order valence-corrected chi connectivity index (χ3v) is 9.61. The van der Waals surface area contributed by atoms with Gasteiger partial charge in [0.05, 0.1) is 31.6 Å². The molecule has 6 rings (SSSR count). The summed E-state index contributed by atoms with van der Waals surface area (Å²) < 4.78 is 12.9. The Morgan fingerprint density at radius 1 is 1.15 bits per heavy atom. The molecular formula is C35H35ClN4O5S. The van der Waals surface area contributed by atoms with E-state index in [2.05, 4.69) is 16.5 Å². The van der Waals surface area contributed by atoms with E-state index in [1.165, 1.54) is 0 Å². The van der Waals surface area contributed by atoms with Crippen molar-refractivity contribution >= 4 is 46.8 Å². The van der Waals surface area contributed by atoms with Crippen LogP contribution in [0.2, 0.25) is 5.02 Å². The van der Waals surface area contributed by atoms with Crippen molar-refractivity contribution in [3.63, 3.8) is 0 Å². The molecule has 0 radical (unpaired) electrons. The van der Waals surface area contributed by atoms with E-state index >= 15 is 0 Å². The fourth-order valence-corrected chi connectivity index (χ4v) is 6.95. The standard InChI is InChI=1S/C35H35ClN4O5S/c1-23-29(36)9-4-11-31(23)44-16-5-12-32(41)40-15-17-46-34-28(8-3-10-30(34)40)26-19-38-39(22-26)21-24-6-2-7-25(18-24)35(43)37-20-27-13-14-33(42)45-27/h2-4,6-11,18-19,22,27H,5,12-17,20-21H2,1H3,(H,37,43). The summed E-state index contributed by atoms with van der Waals surface area (Å²) in [6.45, 7) is 3.81. The summed E-state index contributed by atoms with van der Waals surface area (Å²) in [5.41, 5.74) is 5.29. The third-order valence-electron chi connectivity index (χ3n) is 8.09. The monoisotopic (exact) mass is 658 g/mol. The molecule has 4 aromatic rings. The van der Waals surface area contributed by atoms with Crippen molar-refractivity contribution < 1.29 is 23.9 Å². The molecule has 238 valence electrons. The van der Waals surface area contributed by atoms with E-state index in [9.17, 15) is 14.4 Å². The molecule has 2 aliphatic rings. The van der Waals surface area contributed by atoms with Crippen LogP contribution >= 0.6 is 23.4 Å². The van der Waals surface area contributed by atoms with Crippen molar-refractivity contribution in [3.8, 4) is 16.9 Å². The van der Waals surface area contributed by atoms with Crippen molar-refractivity contribution in [2.24, 2.45) is 0 Å². The third kappa shape index (κ3) is 7.40. The fourth-order valence-electron chi connectivity index (χ4n) is 5.64. The fraction of sp³-hybridized carbons (Fsp3) is 0.314. The lowest BCUT2D eigenvalue weighted by molar-refractivity contribution is -0.141. The van der Waals surface area contributed by atoms with Crippen LogP contribution in [0.15, 0.2) is 78.0 Å². The number of cyclic esters (lactones) is 1. The molecule has 1 aromatic heterocycles. The van der Waals surface area contributed by atoms with Gasteiger partial charge in [-0.3, -0.25) is 19.1 Å². The lowest BCUT2D eigenvalue weighted by Crippen LogP contribution is -2.35. The first kappa shape index (κ1) is 31.7. The lowest BCUT2D eigenvalue weighted by atomic mass is 10.1. The van der Waals surface area contributed by atoms with Crippen molar-refractivity contribution in [3.05, 3.63) is 94.8 Å². The smallest absolute Gasteiger partial charge is 0.306 e. The van der Waals surface area contributed by atoms with Crippen LogP contribution < -0.4 is 15.0 Å². The second-order valence-corrected chi connectivity index (χ2v) is 12.9. The van der Waals surface area contributed by atoms with Crippen molar-refractivity contribution in [1.29, 1.82) is 0 Å². The normalized spacial score (nSPS) is 15.7. The second-order valence-electron chi connectivity index (χ2n) is 11.4. The molecule has 2 aliphatic heterocycles. The number of halogens is 1. The Morgan fingerprint density at radius 3 is 2.85 bits per heavy atom. The van der Waals surface area contributed by atoms with Gasteiger partial charge in [0.25, 0.3) is 5.91 Å². The number of rotatable bonds is 11. The van der Waals surface area contributed by atoms with Crippen molar-refractivity contribution in [2.75, 3.05) is 30.3 Å². The van der Waals surface area contributed by atoms with Gasteiger partial charge in [0.1, 0.15) is 11.9 Å². The number of thioether (sulfide) groups is 1. The van der Waals surface area contributed by atoms with Crippen molar-refractivity contribution in [1.82, 2.24) is 15.1 Å². The number of carbonyl (C=O) groups is 3. The summed E-state index contributed by atoms with van der Waals surface area (Å²) in [6, 6.07) is 19.1. The number of hydrogen-bond donors (Lipinski definition) is 1. The second kappa shape index (κ2) is 14.4. The maximum atomic E-state index is 13.3. The molecule has 0 bridgehead atoms. The SMILES string of the molecule is Cc1c(Cl)cccc1OCCCC(=O)N1CCSc2c(-c3cnn(Cc4cccc(C(=O)NCC5CCC(=O)O5)c4)c3)cccc21. The van der Waals surface area contributed by atoms with Crippen LogP contribution in [0.4, 0.5) is 5.69 Å². The topological polar surface area (TPSA) is 103 Å². The molecule has 0 aliphatic carbocycles. The van der Waals surface area contributed by atoms with Gasteiger partial charge in [0.2, 0.25) is 5.91 Å². The number of aromatic nitrogens is 2. The Morgan fingerprint density at radius 2 is 2.00 bits per heavy atom. The first-order valence-corrected chi connectivity index (χ1v) is 16.8. The minimum atomic E-state index is -0.265. The molecule has 11 heteroatoms. The molecule has 46 heavy (non-hydrogen) atoms. The number of amides is 2. The van der Waals surface area contributed by atoms with Crippen LogP contribution in [0.1, 0.15) is 47.2 Å². The zero-order chi connectivity index (χ0) is 32.0. The molecule has 0 saturated carbocycles. The highest BCUT2D eigenvalue weighted by Gasteiger charge is 2.26. The van der Waals surface area contributed by atoms with E-state index < -0.39 is 0 Å². The summed E-state index contributed by atoms with van der Waals surface area (Å²) >= 11 is 7.95. The maximum Gasteiger partial charge on any atom is 0.306 e. The molecule has 1 N–H and O–H groups in total. The van der Waals surface area contributed by atoms with E-state index in [0.717, 1.165) is 44.3 Å². The number of esters is 1. The van der Waals surface area contributed by atoms with E-state index in [0.29, 0.717) is 62.5 Å². The van der Waals surface area contributed by atoms with E-state index in [1.807, 2.05) is 77.4 Å². The average Bonchev–Trinajstić information content (AvgIpc) is 3.71. The number of carbonyl (C=O) groups excluding carboxylic acids is 3. The highest BCUT2D eigenvalue weighted by atomic mass is 35.5. The van der Waals surface area contributed by atoms with Crippen LogP contribution in [0.3, 0.4) is 0 Å². The van der Waals surface area contributed by atoms with E-state index in [-0.39, 0.29) is 23.9 Å². The zero-order valence-corrected chi connectivity index (χ0v) is 27.1. The Bertz CT molecular complexity index is 1760. The number of anilines is 1. The molecule has 2 amide bonds. The summed E-state index contributed by atoms with van der Waals surface area (Å²) in [4.78, 5) is 40.3. The van der Waals surface area contributed by atoms with Crippen LogP contribution in [0.5, 0.6) is 5.75 Å². The van der Waals surface area contributed by atoms with Gasteiger partial charge in [-0.25, -0.2) is 0 Å². The predicted molar refractivity (Wildman–Crippen MR) is 179 cm³/mol. The first-order chi connectivity index (χ1) is 22.4. The molecule has 3 aromatic carbocycles. The molecule has 0 spiro atoms. The lowest BCUT2D eigenvalue weighted by Gasteiger charge is -2.30. The largest absolute Gasteiger partial charge is 0.493 e.